The number of ether oxygens (including phenoxy) is 1. The van der Waals surface area contributed by atoms with E-state index >= 15 is 0 Å². The summed E-state index contributed by atoms with van der Waals surface area (Å²) in [6, 6.07) is 0.250. The van der Waals surface area contributed by atoms with Gasteiger partial charge in [0.2, 0.25) is 5.91 Å². The van der Waals surface area contributed by atoms with Crippen LogP contribution in [0.3, 0.4) is 0 Å². The molecule has 86 valence electrons. The summed E-state index contributed by atoms with van der Waals surface area (Å²) >= 11 is 0. The topological polar surface area (TPSA) is 55.4 Å². The van der Waals surface area contributed by atoms with Gasteiger partial charge in [0.15, 0.2) is 0 Å². The van der Waals surface area contributed by atoms with Gasteiger partial charge < -0.3 is 10.1 Å². The van der Waals surface area contributed by atoms with E-state index in [1.165, 1.54) is 12.8 Å². The van der Waals surface area contributed by atoms with E-state index in [0.717, 1.165) is 0 Å². The second-order valence-corrected chi connectivity index (χ2v) is 4.00. The van der Waals surface area contributed by atoms with E-state index in [4.69, 9.17) is 4.74 Å². The van der Waals surface area contributed by atoms with E-state index in [2.05, 4.69) is 5.32 Å². The molecule has 1 unspecified atom stereocenters. The standard InChI is InChI=1S/C11H19NO3/c1-3-15-11(14)7-6-10(13)12-8(2)9-4-5-9/h8-9H,3-7H2,1-2H3,(H,12,13). The smallest absolute Gasteiger partial charge is 0.306 e. The predicted molar refractivity (Wildman–Crippen MR) is 56.2 cm³/mol. The minimum atomic E-state index is -0.299. The summed E-state index contributed by atoms with van der Waals surface area (Å²) in [5.41, 5.74) is 0. The Morgan fingerprint density at radius 1 is 1.40 bits per heavy atom. The summed E-state index contributed by atoms with van der Waals surface area (Å²) in [6.45, 7) is 4.14. The SMILES string of the molecule is CCOC(=O)CCC(=O)NC(C)C1CC1. The molecule has 1 amide bonds. The lowest BCUT2D eigenvalue weighted by molar-refractivity contribution is -0.144. The molecular formula is C11H19NO3. The Morgan fingerprint density at radius 3 is 2.60 bits per heavy atom. The van der Waals surface area contributed by atoms with E-state index in [9.17, 15) is 9.59 Å². The summed E-state index contributed by atoms with van der Waals surface area (Å²) in [5.74, 6) is 0.297. The fourth-order valence-electron chi connectivity index (χ4n) is 1.49. The number of carbonyl (C=O) groups is 2. The average Bonchev–Trinajstić information content (AvgIpc) is 2.98. The quantitative estimate of drug-likeness (QED) is 0.675. The van der Waals surface area contributed by atoms with Gasteiger partial charge in [-0.2, -0.15) is 0 Å². The van der Waals surface area contributed by atoms with Crippen LogP contribution >= 0.6 is 0 Å². The number of amides is 1. The molecule has 4 heteroatoms. The third-order valence-electron chi connectivity index (χ3n) is 2.58. The van der Waals surface area contributed by atoms with Crippen LogP contribution < -0.4 is 5.32 Å². The summed E-state index contributed by atoms with van der Waals surface area (Å²) in [5, 5.41) is 2.89. The van der Waals surface area contributed by atoms with Crippen LogP contribution in [0.5, 0.6) is 0 Å². The van der Waals surface area contributed by atoms with Crippen LogP contribution in [0.4, 0.5) is 0 Å². The van der Waals surface area contributed by atoms with Crippen molar-refractivity contribution in [3.8, 4) is 0 Å². The maximum atomic E-state index is 11.4. The van der Waals surface area contributed by atoms with Crippen molar-refractivity contribution in [1.29, 1.82) is 0 Å². The zero-order valence-electron chi connectivity index (χ0n) is 9.41. The van der Waals surface area contributed by atoms with Gasteiger partial charge in [0.25, 0.3) is 0 Å². The first-order chi connectivity index (χ1) is 7.13. The molecule has 0 aromatic heterocycles. The predicted octanol–water partition coefficient (Wildman–Crippen LogP) is 1.24. The molecule has 0 bridgehead atoms. The van der Waals surface area contributed by atoms with Crippen LogP contribution in [-0.4, -0.2) is 24.5 Å². The van der Waals surface area contributed by atoms with E-state index < -0.39 is 0 Å². The highest BCUT2D eigenvalue weighted by molar-refractivity contribution is 5.81. The van der Waals surface area contributed by atoms with Gasteiger partial charge in [-0.25, -0.2) is 0 Å². The molecule has 0 saturated heterocycles. The van der Waals surface area contributed by atoms with E-state index in [1.807, 2.05) is 6.92 Å². The Hall–Kier alpha value is -1.06. The molecule has 0 aromatic rings. The van der Waals surface area contributed by atoms with Crippen LogP contribution in [0, 0.1) is 5.92 Å². The first-order valence-electron chi connectivity index (χ1n) is 5.58. The number of hydrogen-bond acceptors (Lipinski definition) is 3. The van der Waals surface area contributed by atoms with Gasteiger partial charge in [-0.3, -0.25) is 9.59 Å². The average molecular weight is 213 g/mol. The van der Waals surface area contributed by atoms with Crippen molar-refractivity contribution in [3.05, 3.63) is 0 Å². The Bertz CT molecular complexity index is 236. The number of rotatable bonds is 6. The molecule has 1 saturated carbocycles. The Morgan fingerprint density at radius 2 is 2.07 bits per heavy atom. The summed E-state index contributed by atoms with van der Waals surface area (Å²) in [4.78, 5) is 22.4. The van der Waals surface area contributed by atoms with Gasteiger partial charge in [-0.1, -0.05) is 0 Å². The van der Waals surface area contributed by atoms with Crippen LogP contribution in [0.15, 0.2) is 0 Å². The van der Waals surface area contributed by atoms with Crippen molar-refractivity contribution in [2.75, 3.05) is 6.61 Å². The molecule has 1 rings (SSSR count). The van der Waals surface area contributed by atoms with Crippen molar-refractivity contribution >= 4 is 11.9 Å². The van der Waals surface area contributed by atoms with Gasteiger partial charge in [-0.15, -0.1) is 0 Å². The molecular weight excluding hydrogens is 194 g/mol. The molecule has 4 nitrogen and oxygen atoms in total. The third-order valence-corrected chi connectivity index (χ3v) is 2.58. The third kappa shape index (κ3) is 4.81. The number of esters is 1. The van der Waals surface area contributed by atoms with Crippen LogP contribution in [-0.2, 0) is 14.3 Å². The van der Waals surface area contributed by atoms with Gasteiger partial charge in [-0.05, 0) is 32.6 Å². The number of hydrogen-bond donors (Lipinski definition) is 1. The molecule has 1 aliphatic carbocycles. The van der Waals surface area contributed by atoms with E-state index in [-0.39, 0.29) is 30.8 Å². The zero-order chi connectivity index (χ0) is 11.3. The maximum Gasteiger partial charge on any atom is 0.306 e. The largest absolute Gasteiger partial charge is 0.466 e. The molecule has 0 aliphatic heterocycles. The molecule has 1 fully saturated rings. The fourth-order valence-corrected chi connectivity index (χ4v) is 1.49. The van der Waals surface area contributed by atoms with Crippen molar-refractivity contribution in [2.24, 2.45) is 5.92 Å². The first-order valence-corrected chi connectivity index (χ1v) is 5.58. The first kappa shape index (κ1) is 12.0. The molecule has 1 N–H and O–H groups in total. The minimum absolute atomic E-state index is 0.0533. The highest BCUT2D eigenvalue weighted by Gasteiger charge is 2.28. The van der Waals surface area contributed by atoms with E-state index in [1.54, 1.807) is 6.92 Å². The molecule has 1 atom stereocenters. The lowest BCUT2D eigenvalue weighted by Crippen LogP contribution is -2.34. The monoisotopic (exact) mass is 213 g/mol. The molecule has 0 heterocycles. The summed E-state index contributed by atoms with van der Waals surface area (Å²) in [7, 11) is 0. The highest BCUT2D eigenvalue weighted by atomic mass is 16.5. The maximum absolute atomic E-state index is 11.4. The fraction of sp³-hybridized carbons (Fsp3) is 0.818. The van der Waals surface area contributed by atoms with Crippen LogP contribution in [0.1, 0.15) is 39.5 Å². The molecule has 0 aromatic carbocycles. The van der Waals surface area contributed by atoms with Gasteiger partial charge in [0, 0.05) is 12.5 Å². The summed E-state index contributed by atoms with van der Waals surface area (Å²) < 4.78 is 4.74. The normalized spacial score (nSPS) is 16.9. The van der Waals surface area contributed by atoms with Crippen molar-refractivity contribution < 1.29 is 14.3 Å². The Labute approximate surface area is 90.4 Å². The van der Waals surface area contributed by atoms with Crippen LogP contribution in [0.25, 0.3) is 0 Å². The molecule has 1 aliphatic rings. The zero-order valence-corrected chi connectivity index (χ0v) is 9.41. The molecule has 15 heavy (non-hydrogen) atoms. The second kappa shape index (κ2) is 5.73. The van der Waals surface area contributed by atoms with Crippen molar-refractivity contribution in [3.63, 3.8) is 0 Å². The van der Waals surface area contributed by atoms with Crippen molar-refractivity contribution in [2.45, 2.75) is 45.6 Å². The molecule has 0 spiro atoms. The van der Waals surface area contributed by atoms with Crippen LogP contribution in [0.2, 0.25) is 0 Å². The van der Waals surface area contributed by atoms with E-state index in [0.29, 0.717) is 12.5 Å². The molecule has 0 radical (unpaired) electrons. The number of nitrogens with one attached hydrogen (secondary N) is 1. The van der Waals surface area contributed by atoms with Crippen molar-refractivity contribution in [1.82, 2.24) is 5.32 Å². The Kier molecular flexibility index (Phi) is 4.59. The highest BCUT2D eigenvalue weighted by Crippen LogP contribution is 2.32. The van der Waals surface area contributed by atoms with Gasteiger partial charge in [0.1, 0.15) is 0 Å². The number of carbonyl (C=O) groups excluding carboxylic acids is 2. The lowest BCUT2D eigenvalue weighted by atomic mass is 10.2. The minimum Gasteiger partial charge on any atom is -0.466 e. The Balaban J connectivity index is 2.09. The van der Waals surface area contributed by atoms with Gasteiger partial charge in [0.05, 0.1) is 13.0 Å². The van der Waals surface area contributed by atoms with Gasteiger partial charge >= 0.3 is 5.97 Å². The lowest BCUT2D eigenvalue weighted by Gasteiger charge is -2.12. The second-order valence-electron chi connectivity index (χ2n) is 4.00. The summed E-state index contributed by atoms with van der Waals surface area (Å²) in [6.07, 6.45) is 2.82.